The lowest BCUT2D eigenvalue weighted by atomic mass is 9.35. The third-order valence-electron chi connectivity index (χ3n) is 4.60. The second-order valence-electron chi connectivity index (χ2n) is 5.45. The van der Waals surface area contributed by atoms with Gasteiger partial charge >= 0.3 is 0 Å². The zero-order chi connectivity index (χ0) is 12.0. The SMILES string of the molecule is CCC(C)[C]1[C]2[C](C)[C](C)[C]2[C]1C(C)CC. The van der Waals surface area contributed by atoms with Crippen molar-refractivity contribution in [3.05, 3.63) is 35.5 Å². The quantitative estimate of drug-likeness (QED) is 0.644. The predicted molar refractivity (Wildman–Crippen MR) is 69.7 cm³/mol. The van der Waals surface area contributed by atoms with Crippen LogP contribution < -0.4 is 0 Å². The molecule has 0 saturated heterocycles. The Morgan fingerprint density at radius 1 is 0.750 bits per heavy atom. The lowest BCUT2D eigenvalue weighted by Crippen LogP contribution is -2.58. The van der Waals surface area contributed by atoms with Crippen molar-refractivity contribution >= 4 is 0 Å². The fourth-order valence-corrected chi connectivity index (χ4v) is 3.00. The van der Waals surface area contributed by atoms with Crippen LogP contribution in [0.5, 0.6) is 0 Å². The van der Waals surface area contributed by atoms with Gasteiger partial charge in [0.25, 0.3) is 0 Å². The van der Waals surface area contributed by atoms with Gasteiger partial charge in [-0.15, -0.1) is 0 Å². The van der Waals surface area contributed by atoms with Gasteiger partial charge in [0.15, 0.2) is 0 Å². The van der Waals surface area contributed by atoms with Crippen molar-refractivity contribution < 1.29 is 0 Å². The maximum Gasteiger partial charge on any atom is -0.00139 e. The molecule has 0 aliphatic heterocycles. The van der Waals surface area contributed by atoms with E-state index < -0.39 is 0 Å². The van der Waals surface area contributed by atoms with E-state index in [2.05, 4.69) is 41.5 Å². The zero-order valence-electron chi connectivity index (χ0n) is 11.6. The monoisotopic (exact) mass is 216 g/mol. The Hall–Kier alpha value is 0. The molecule has 2 atom stereocenters. The average Bonchev–Trinajstić information content (AvgIpc) is 2.27. The second kappa shape index (κ2) is 4.35. The molecule has 88 valence electrons. The number of fused-ring (bicyclic) bond motifs is 1. The predicted octanol–water partition coefficient (Wildman–Crippen LogP) is 4.59. The molecule has 0 aromatic carbocycles. The molecule has 2 saturated carbocycles. The first-order valence-electron chi connectivity index (χ1n) is 6.71. The van der Waals surface area contributed by atoms with E-state index >= 15 is 0 Å². The highest BCUT2D eigenvalue weighted by Crippen LogP contribution is 2.75. The fraction of sp³-hybridized carbons (Fsp3) is 0.625. The van der Waals surface area contributed by atoms with Crippen LogP contribution in [0.15, 0.2) is 0 Å². The van der Waals surface area contributed by atoms with Crippen LogP contribution in [0.2, 0.25) is 0 Å². The van der Waals surface area contributed by atoms with Crippen molar-refractivity contribution in [2.24, 2.45) is 11.8 Å². The van der Waals surface area contributed by atoms with Crippen LogP contribution in [0.1, 0.15) is 54.4 Å². The Balaban J connectivity index is 2.10. The molecule has 0 amide bonds. The zero-order valence-corrected chi connectivity index (χ0v) is 11.6. The minimum atomic E-state index is 0.741. The smallest absolute Gasteiger partial charge is 0.00139 e. The van der Waals surface area contributed by atoms with Crippen LogP contribution in [-0.2, 0) is 0 Å². The number of hydrogen-bond donors (Lipinski definition) is 0. The molecule has 2 aliphatic carbocycles. The van der Waals surface area contributed by atoms with Gasteiger partial charge in [0, 0.05) is 0 Å². The van der Waals surface area contributed by atoms with Gasteiger partial charge in [-0.3, -0.25) is 0 Å². The normalized spacial score (nSPS) is 29.6. The first-order chi connectivity index (χ1) is 7.54. The minimum absolute atomic E-state index is 0.741. The molecule has 0 nitrogen and oxygen atoms in total. The summed E-state index contributed by atoms with van der Waals surface area (Å²) >= 11 is 0. The molecule has 0 aromatic rings. The van der Waals surface area contributed by atoms with E-state index in [9.17, 15) is 0 Å². The molecule has 0 aromatic heterocycles. The molecule has 0 heterocycles. The van der Waals surface area contributed by atoms with Gasteiger partial charge in [-0.05, 0) is 47.3 Å². The van der Waals surface area contributed by atoms with Crippen molar-refractivity contribution in [1.82, 2.24) is 0 Å². The summed E-state index contributed by atoms with van der Waals surface area (Å²) in [6.45, 7) is 13.9. The highest BCUT2D eigenvalue weighted by Gasteiger charge is 2.66. The molecule has 0 bridgehead atoms. The molecule has 6 radical (unpaired) electrons. The van der Waals surface area contributed by atoms with Crippen molar-refractivity contribution in [3.63, 3.8) is 0 Å². The van der Waals surface area contributed by atoms with Crippen LogP contribution >= 0.6 is 0 Å². The number of hydrogen-bond acceptors (Lipinski definition) is 0. The summed E-state index contributed by atoms with van der Waals surface area (Å²) in [5.74, 6) is 11.2. The maximum absolute atomic E-state index is 2.38. The molecule has 0 heteroatoms. The third-order valence-corrected chi connectivity index (χ3v) is 4.60. The van der Waals surface area contributed by atoms with Gasteiger partial charge in [-0.25, -0.2) is 0 Å². The summed E-state index contributed by atoms with van der Waals surface area (Å²) < 4.78 is 0. The summed E-state index contributed by atoms with van der Waals surface area (Å²) in [4.78, 5) is 0. The van der Waals surface area contributed by atoms with Crippen molar-refractivity contribution in [3.8, 4) is 0 Å². The second-order valence-corrected chi connectivity index (χ2v) is 5.45. The first-order valence-corrected chi connectivity index (χ1v) is 6.71. The standard InChI is InChI=1S/C16H24/c1-7-9(3)13-14(10(4)8-2)16-12(6)11(5)15(13)16/h9-10H,7-8H2,1-6H3. The van der Waals surface area contributed by atoms with Gasteiger partial charge in [0.05, 0.1) is 0 Å². The average molecular weight is 216 g/mol. The topological polar surface area (TPSA) is 0 Å². The summed E-state index contributed by atoms with van der Waals surface area (Å²) in [6, 6.07) is 0. The van der Waals surface area contributed by atoms with Crippen molar-refractivity contribution in [2.45, 2.75) is 54.4 Å². The fourth-order valence-electron chi connectivity index (χ4n) is 3.00. The minimum Gasteiger partial charge on any atom is -0.0651 e. The van der Waals surface area contributed by atoms with Crippen LogP contribution in [-0.4, -0.2) is 0 Å². The largest absolute Gasteiger partial charge is 0.0651 e. The third kappa shape index (κ3) is 1.48. The van der Waals surface area contributed by atoms with Crippen molar-refractivity contribution in [2.75, 3.05) is 0 Å². The highest BCUT2D eigenvalue weighted by molar-refractivity contribution is 5.84. The Morgan fingerprint density at radius 3 is 1.31 bits per heavy atom. The molecule has 0 N–H and O–H groups in total. The lowest BCUT2D eigenvalue weighted by Gasteiger charge is -2.67. The molecule has 16 heavy (non-hydrogen) atoms. The Labute approximate surface area is 102 Å². The molecule has 2 aliphatic rings. The van der Waals surface area contributed by atoms with E-state index in [0.717, 1.165) is 11.8 Å². The summed E-state index contributed by atoms with van der Waals surface area (Å²) in [5, 5.41) is 0. The Morgan fingerprint density at radius 2 is 1.06 bits per heavy atom. The van der Waals surface area contributed by atoms with Crippen molar-refractivity contribution in [1.29, 1.82) is 0 Å². The van der Waals surface area contributed by atoms with Gasteiger partial charge in [0.1, 0.15) is 0 Å². The Kier molecular flexibility index (Phi) is 3.39. The van der Waals surface area contributed by atoms with Gasteiger partial charge in [-0.2, -0.15) is 0 Å². The summed E-state index contributed by atoms with van der Waals surface area (Å²) in [7, 11) is 0. The van der Waals surface area contributed by atoms with Gasteiger partial charge < -0.3 is 0 Å². The molecular formula is C16H24. The van der Waals surface area contributed by atoms with E-state index in [1.54, 1.807) is 35.5 Å². The Bertz CT molecular complexity index is 218. The van der Waals surface area contributed by atoms with E-state index in [0.29, 0.717) is 0 Å². The van der Waals surface area contributed by atoms with Gasteiger partial charge in [-0.1, -0.05) is 54.4 Å². The van der Waals surface area contributed by atoms with E-state index in [4.69, 9.17) is 0 Å². The van der Waals surface area contributed by atoms with E-state index in [1.165, 1.54) is 12.8 Å². The maximum atomic E-state index is 2.38. The molecular weight excluding hydrogens is 192 g/mol. The summed E-state index contributed by atoms with van der Waals surface area (Å²) in [6.07, 6.45) is 2.52. The molecule has 2 unspecified atom stereocenters. The molecule has 2 fully saturated rings. The van der Waals surface area contributed by atoms with Gasteiger partial charge in [0.2, 0.25) is 0 Å². The molecule has 2 rings (SSSR count). The highest BCUT2D eigenvalue weighted by atomic mass is 14.7. The number of rotatable bonds is 4. The lowest BCUT2D eigenvalue weighted by molar-refractivity contribution is 0.373. The van der Waals surface area contributed by atoms with Crippen LogP contribution in [0.25, 0.3) is 0 Å². The van der Waals surface area contributed by atoms with Crippen LogP contribution in [0, 0.1) is 47.3 Å². The van der Waals surface area contributed by atoms with Crippen LogP contribution in [0.4, 0.5) is 0 Å². The first kappa shape index (κ1) is 12.5. The van der Waals surface area contributed by atoms with Crippen LogP contribution in [0.3, 0.4) is 0 Å². The summed E-state index contributed by atoms with van der Waals surface area (Å²) in [5.41, 5.74) is 0. The van der Waals surface area contributed by atoms with E-state index in [-0.39, 0.29) is 0 Å². The van der Waals surface area contributed by atoms with E-state index in [1.807, 2.05) is 0 Å². The molecule has 0 spiro atoms.